The van der Waals surface area contributed by atoms with Gasteiger partial charge in [-0.3, -0.25) is 0 Å². The van der Waals surface area contributed by atoms with Gasteiger partial charge in [-0.2, -0.15) is 0 Å². The molecule has 2 heterocycles. The third-order valence-electron chi connectivity index (χ3n) is 2.60. The molecule has 1 fully saturated rings. The SMILES string of the molecule is Cc1cc(Cl)c(N2CCNCC2)nc1N. The predicted octanol–water partition coefficient (Wildman–Crippen LogP) is 1.04. The van der Waals surface area contributed by atoms with Crippen molar-refractivity contribution in [1.82, 2.24) is 10.3 Å². The van der Waals surface area contributed by atoms with Crippen LogP contribution in [-0.2, 0) is 0 Å². The van der Waals surface area contributed by atoms with Crippen LogP contribution in [0.4, 0.5) is 11.6 Å². The second-order valence-electron chi connectivity index (χ2n) is 3.73. The monoisotopic (exact) mass is 226 g/mol. The van der Waals surface area contributed by atoms with Crippen molar-refractivity contribution in [3.63, 3.8) is 0 Å². The molecule has 0 radical (unpaired) electrons. The molecule has 0 aromatic carbocycles. The van der Waals surface area contributed by atoms with E-state index in [1.807, 2.05) is 13.0 Å². The number of anilines is 2. The van der Waals surface area contributed by atoms with Gasteiger partial charge in [-0.25, -0.2) is 4.98 Å². The van der Waals surface area contributed by atoms with Crippen molar-refractivity contribution >= 4 is 23.2 Å². The summed E-state index contributed by atoms with van der Waals surface area (Å²) < 4.78 is 0. The molecule has 1 saturated heterocycles. The number of hydrogen-bond acceptors (Lipinski definition) is 4. The topological polar surface area (TPSA) is 54.2 Å². The van der Waals surface area contributed by atoms with Gasteiger partial charge in [0, 0.05) is 26.2 Å². The first-order valence-electron chi connectivity index (χ1n) is 5.07. The molecule has 0 bridgehead atoms. The molecule has 0 amide bonds. The minimum absolute atomic E-state index is 0.563. The van der Waals surface area contributed by atoms with Gasteiger partial charge in [0.25, 0.3) is 0 Å². The molecular weight excluding hydrogens is 212 g/mol. The Morgan fingerprint density at radius 1 is 1.47 bits per heavy atom. The van der Waals surface area contributed by atoms with Crippen molar-refractivity contribution in [2.45, 2.75) is 6.92 Å². The first kappa shape index (κ1) is 10.5. The quantitative estimate of drug-likeness (QED) is 0.751. The van der Waals surface area contributed by atoms with E-state index in [1.54, 1.807) is 0 Å². The highest BCUT2D eigenvalue weighted by atomic mass is 35.5. The van der Waals surface area contributed by atoms with E-state index in [-0.39, 0.29) is 0 Å². The van der Waals surface area contributed by atoms with Crippen LogP contribution in [0.5, 0.6) is 0 Å². The minimum atomic E-state index is 0.563. The Morgan fingerprint density at radius 2 is 2.13 bits per heavy atom. The third kappa shape index (κ3) is 2.16. The van der Waals surface area contributed by atoms with E-state index in [2.05, 4.69) is 15.2 Å². The summed E-state index contributed by atoms with van der Waals surface area (Å²) >= 11 is 6.15. The molecule has 5 heteroatoms. The van der Waals surface area contributed by atoms with E-state index in [1.165, 1.54) is 0 Å². The summed E-state index contributed by atoms with van der Waals surface area (Å²) in [4.78, 5) is 6.50. The first-order valence-corrected chi connectivity index (χ1v) is 5.44. The summed E-state index contributed by atoms with van der Waals surface area (Å²) in [7, 11) is 0. The molecule has 0 unspecified atom stereocenters. The average molecular weight is 227 g/mol. The van der Waals surface area contributed by atoms with Crippen molar-refractivity contribution in [2.24, 2.45) is 0 Å². The van der Waals surface area contributed by atoms with E-state index >= 15 is 0 Å². The van der Waals surface area contributed by atoms with Crippen molar-refractivity contribution in [1.29, 1.82) is 0 Å². The molecule has 0 spiro atoms. The first-order chi connectivity index (χ1) is 7.18. The summed E-state index contributed by atoms with van der Waals surface area (Å²) in [6.45, 7) is 5.69. The lowest BCUT2D eigenvalue weighted by Gasteiger charge is -2.29. The minimum Gasteiger partial charge on any atom is -0.383 e. The molecule has 1 aliphatic rings. The largest absolute Gasteiger partial charge is 0.383 e. The second kappa shape index (κ2) is 4.24. The van der Waals surface area contributed by atoms with Crippen LogP contribution in [0.3, 0.4) is 0 Å². The van der Waals surface area contributed by atoms with Gasteiger partial charge in [-0.1, -0.05) is 11.6 Å². The lowest BCUT2D eigenvalue weighted by Crippen LogP contribution is -2.44. The molecule has 3 N–H and O–H groups in total. The molecule has 15 heavy (non-hydrogen) atoms. The van der Waals surface area contributed by atoms with Crippen LogP contribution < -0.4 is 16.0 Å². The van der Waals surface area contributed by atoms with Crippen molar-refractivity contribution in [3.05, 3.63) is 16.7 Å². The number of aryl methyl sites for hydroxylation is 1. The zero-order valence-corrected chi connectivity index (χ0v) is 9.51. The Balaban J connectivity index is 2.30. The standard InChI is InChI=1S/C10H15ClN4/c1-7-6-8(11)10(14-9(7)12)15-4-2-13-3-5-15/h6,13H,2-5H2,1H3,(H2,12,14). The number of halogens is 1. The number of nitrogens with two attached hydrogens (primary N) is 1. The van der Waals surface area contributed by atoms with Gasteiger partial charge < -0.3 is 16.0 Å². The molecule has 0 saturated carbocycles. The summed E-state index contributed by atoms with van der Waals surface area (Å²) in [5.41, 5.74) is 6.71. The summed E-state index contributed by atoms with van der Waals surface area (Å²) in [5.74, 6) is 1.37. The Kier molecular flexibility index (Phi) is 2.98. The van der Waals surface area contributed by atoms with Gasteiger partial charge in [-0.15, -0.1) is 0 Å². The van der Waals surface area contributed by atoms with Gasteiger partial charge in [0.2, 0.25) is 0 Å². The molecule has 0 aliphatic carbocycles. The van der Waals surface area contributed by atoms with Crippen LogP contribution in [0, 0.1) is 6.92 Å². The van der Waals surface area contributed by atoms with Crippen LogP contribution in [0.25, 0.3) is 0 Å². The lowest BCUT2D eigenvalue weighted by molar-refractivity contribution is 0.585. The zero-order chi connectivity index (χ0) is 10.8. The van der Waals surface area contributed by atoms with Crippen molar-refractivity contribution < 1.29 is 0 Å². The highest BCUT2D eigenvalue weighted by Gasteiger charge is 2.15. The number of piperazine rings is 1. The lowest BCUT2D eigenvalue weighted by atomic mass is 10.2. The molecule has 82 valence electrons. The van der Waals surface area contributed by atoms with Crippen molar-refractivity contribution in [2.75, 3.05) is 36.8 Å². The fourth-order valence-electron chi connectivity index (χ4n) is 1.68. The summed E-state index contributed by atoms with van der Waals surface area (Å²) in [6, 6.07) is 1.88. The van der Waals surface area contributed by atoms with E-state index in [4.69, 9.17) is 17.3 Å². The maximum atomic E-state index is 6.15. The normalized spacial score (nSPS) is 16.8. The van der Waals surface area contributed by atoms with Gasteiger partial charge in [0.1, 0.15) is 11.6 Å². The number of nitrogens with one attached hydrogen (secondary N) is 1. The van der Waals surface area contributed by atoms with Crippen LogP contribution >= 0.6 is 11.6 Å². The molecule has 4 nitrogen and oxygen atoms in total. The van der Waals surface area contributed by atoms with Gasteiger partial charge in [0.05, 0.1) is 5.02 Å². The van der Waals surface area contributed by atoms with E-state index in [0.29, 0.717) is 10.8 Å². The number of hydrogen-bond donors (Lipinski definition) is 2. The Hall–Kier alpha value is -1.00. The van der Waals surface area contributed by atoms with Crippen LogP contribution in [0.1, 0.15) is 5.56 Å². The molecular formula is C10H15ClN4. The highest BCUT2D eigenvalue weighted by Crippen LogP contribution is 2.27. The Labute approximate surface area is 94.4 Å². The molecule has 2 rings (SSSR count). The fourth-order valence-corrected chi connectivity index (χ4v) is 2.01. The molecule has 1 aliphatic heterocycles. The number of rotatable bonds is 1. The number of pyridine rings is 1. The maximum Gasteiger partial charge on any atom is 0.149 e. The van der Waals surface area contributed by atoms with Crippen LogP contribution in [-0.4, -0.2) is 31.2 Å². The average Bonchev–Trinajstić information content (AvgIpc) is 2.25. The van der Waals surface area contributed by atoms with E-state index < -0.39 is 0 Å². The zero-order valence-electron chi connectivity index (χ0n) is 8.76. The van der Waals surface area contributed by atoms with Gasteiger partial charge >= 0.3 is 0 Å². The Morgan fingerprint density at radius 3 is 2.80 bits per heavy atom. The molecule has 1 aromatic heterocycles. The number of aromatic nitrogens is 1. The van der Waals surface area contributed by atoms with E-state index in [0.717, 1.165) is 37.6 Å². The number of nitrogens with zero attached hydrogens (tertiary/aromatic N) is 2. The maximum absolute atomic E-state index is 6.15. The second-order valence-corrected chi connectivity index (χ2v) is 4.14. The smallest absolute Gasteiger partial charge is 0.149 e. The number of nitrogen functional groups attached to an aromatic ring is 1. The van der Waals surface area contributed by atoms with Gasteiger partial charge in [0.15, 0.2) is 0 Å². The highest BCUT2D eigenvalue weighted by molar-refractivity contribution is 6.33. The van der Waals surface area contributed by atoms with Gasteiger partial charge in [-0.05, 0) is 18.6 Å². The van der Waals surface area contributed by atoms with Crippen LogP contribution in [0.15, 0.2) is 6.07 Å². The third-order valence-corrected chi connectivity index (χ3v) is 2.88. The Bertz CT molecular complexity index is 361. The van der Waals surface area contributed by atoms with Crippen molar-refractivity contribution in [3.8, 4) is 0 Å². The fraction of sp³-hybridized carbons (Fsp3) is 0.500. The summed E-state index contributed by atoms with van der Waals surface area (Å²) in [6.07, 6.45) is 0. The van der Waals surface area contributed by atoms with E-state index in [9.17, 15) is 0 Å². The van der Waals surface area contributed by atoms with Crippen LogP contribution in [0.2, 0.25) is 5.02 Å². The molecule has 0 atom stereocenters. The summed E-state index contributed by atoms with van der Waals surface area (Å²) in [5, 5.41) is 3.97. The molecule has 1 aromatic rings. The predicted molar refractivity (Wildman–Crippen MR) is 63.5 cm³/mol.